The number of benzene rings is 1. The third-order valence-corrected chi connectivity index (χ3v) is 3.60. The summed E-state index contributed by atoms with van der Waals surface area (Å²) in [5.41, 5.74) is 1.87. The summed E-state index contributed by atoms with van der Waals surface area (Å²) in [6.45, 7) is 0.146. The van der Waals surface area contributed by atoms with Gasteiger partial charge in [-0.3, -0.25) is 4.79 Å². The largest absolute Gasteiger partial charge is 0.481 e. The van der Waals surface area contributed by atoms with Crippen LogP contribution in [-0.2, 0) is 6.54 Å². The zero-order chi connectivity index (χ0) is 17.1. The Labute approximate surface area is 137 Å². The Kier molecular flexibility index (Phi) is 4.37. The van der Waals surface area contributed by atoms with Gasteiger partial charge in [0.1, 0.15) is 0 Å². The lowest BCUT2D eigenvalue weighted by atomic mass is 10.1. The van der Waals surface area contributed by atoms with Crippen LogP contribution in [0.4, 0.5) is 8.78 Å². The molecule has 0 amide bonds. The Hall–Kier alpha value is -3.02. The van der Waals surface area contributed by atoms with E-state index in [9.17, 15) is 13.6 Å². The van der Waals surface area contributed by atoms with Gasteiger partial charge in [-0.1, -0.05) is 6.07 Å². The number of ether oxygens (including phenoxy) is 1. The normalized spacial score (nSPS) is 10.6. The van der Waals surface area contributed by atoms with Gasteiger partial charge in [-0.2, -0.15) is 0 Å². The maximum absolute atomic E-state index is 13.3. The molecule has 0 unspecified atom stereocenters. The minimum Gasteiger partial charge on any atom is -0.481 e. The van der Waals surface area contributed by atoms with Crippen molar-refractivity contribution in [3.05, 3.63) is 82.4 Å². The Balaban J connectivity index is 1.93. The molecule has 0 saturated carbocycles. The van der Waals surface area contributed by atoms with E-state index in [4.69, 9.17) is 4.74 Å². The Morgan fingerprint density at radius 1 is 1.04 bits per heavy atom. The number of methoxy groups -OCH3 is 1. The molecule has 0 aliphatic heterocycles. The fourth-order valence-electron chi connectivity index (χ4n) is 2.33. The molecule has 0 bridgehead atoms. The Bertz CT molecular complexity index is 921. The minimum absolute atomic E-state index is 0.146. The van der Waals surface area contributed by atoms with E-state index in [1.807, 2.05) is 6.07 Å². The van der Waals surface area contributed by atoms with Crippen molar-refractivity contribution in [3.63, 3.8) is 0 Å². The van der Waals surface area contributed by atoms with Crippen LogP contribution >= 0.6 is 0 Å². The van der Waals surface area contributed by atoms with E-state index in [0.717, 1.165) is 23.3 Å². The van der Waals surface area contributed by atoms with Gasteiger partial charge in [-0.05, 0) is 35.4 Å². The Morgan fingerprint density at radius 3 is 2.50 bits per heavy atom. The van der Waals surface area contributed by atoms with Gasteiger partial charge in [-0.15, -0.1) is 0 Å². The maximum Gasteiger partial charge on any atom is 0.250 e. The zero-order valence-electron chi connectivity index (χ0n) is 12.9. The number of aromatic nitrogens is 2. The standard InChI is InChI=1S/C18H14F2N2O2/c1-24-17-6-3-13(9-21-17)14-4-7-18(23)22(11-14)10-12-2-5-15(19)16(20)8-12/h2-9,11H,10H2,1H3. The second kappa shape index (κ2) is 6.62. The molecule has 0 atom stereocenters. The van der Waals surface area contributed by atoms with Gasteiger partial charge < -0.3 is 9.30 Å². The molecule has 122 valence electrons. The van der Waals surface area contributed by atoms with Crippen molar-refractivity contribution in [3.8, 4) is 17.0 Å². The second-order valence-electron chi connectivity index (χ2n) is 5.22. The van der Waals surface area contributed by atoms with Crippen molar-refractivity contribution < 1.29 is 13.5 Å². The van der Waals surface area contributed by atoms with Gasteiger partial charge >= 0.3 is 0 Å². The first kappa shape index (κ1) is 15.9. The molecule has 0 fully saturated rings. The fraction of sp³-hybridized carbons (Fsp3) is 0.111. The van der Waals surface area contributed by atoms with Crippen LogP contribution < -0.4 is 10.3 Å². The highest BCUT2D eigenvalue weighted by Gasteiger charge is 2.06. The quantitative estimate of drug-likeness (QED) is 0.738. The van der Waals surface area contributed by atoms with Gasteiger partial charge in [0.05, 0.1) is 13.7 Å². The van der Waals surface area contributed by atoms with Crippen molar-refractivity contribution in [2.45, 2.75) is 6.54 Å². The number of hydrogen-bond acceptors (Lipinski definition) is 3. The van der Waals surface area contributed by atoms with Gasteiger partial charge in [0.2, 0.25) is 5.88 Å². The third-order valence-electron chi connectivity index (χ3n) is 3.60. The molecule has 0 N–H and O–H groups in total. The van der Waals surface area contributed by atoms with E-state index in [2.05, 4.69) is 4.98 Å². The number of halogens is 2. The van der Waals surface area contributed by atoms with Crippen molar-refractivity contribution in [2.75, 3.05) is 7.11 Å². The molecule has 0 aliphatic carbocycles. The number of hydrogen-bond donors (Lipinski definition) is 0. The molecule has 24 heavy (non-hydrogen) atoms. The lowest BCUT2D eigenvalue weighted by molar-refractivity contribution is 0.398. The van der Waals surface area contributed by atoms with E-state index in [0.29, 0.717) is 11.4 Å². The van der Waals surface area contributed by atoms with Crippen LogP contribution in [0, 0.1) is 11.6 Å². The molecule has 3 aromatic rings. The topological polar surface area (TPSA) is 44.1 Å². The molecular formula is C18H14F2N2O2. The van der Waals surface area contributed by atoms with Crippen molar-refractivity contribution in [1.29, 1.82) is 0 Å². The van der Waals surface area contributed by atoms with Crippen molar-refractivity contribution in [2.24, 2.45) is 0 Å². The SMILES string of the molecule is COc1ccc(-c2ccc(=O)n(Cc3ccc(F)c(F)c3)c2)cn1. The fourth-order valence-corrected chi connectivity index (χ4v) is 2.33. The predicted octanol–water partition coefficient (Wildman–Crippen LogP) is 3.25. The molecule has 0 aliphatic rings. The first-order valence-corrected chi connectivity index (χ1v) is 7.21. The summed E-state index contributed by atoms with van der Waals surface area (Å²) in [6, 6.07) is 10.3. The smallest absolute Gasteiger partial charge is 0.250 e. The van der Waals surface area contributed by atoms with Crippen LogP contribution in [0.2, 0.25) is 0 Å². The molecule has 4 nitrogen and oxygen atoms in total. The monoisotopic (exact) mass is 328 g/mol. The highest BCUT2D eigenvalue weighted by molar-refractivity contribution is 5.61. The molecule has 0 radical (unpaired) electrons. The zero-order valence-corrected chi connectivity index (χ0v) is 12.9. The summed E-state index contributed by atoms with van der Waals surface area (Å²) in [7, 11) is 1.53. The predicted molar refractivity (Wildman–Crippen MR) is 85.9 cm³/mol. The molecule has 2 aromatic heterocycles. The van der Waals surface area contributed by atoms with Crippen LogP contribution in [0.15, 0.2) is 59.7 Å². The summed E-state index contributed by atoms with van der Waals surface area (Å²) >= 11 is 0. The molecule has 0 spiro atoms. The van der Waals surface area contributed by atoms with E-state index >= 15 is 0 Å². The summed E-state index contributed by atoms with van der Waals surface area (Å²) in [5, 5.41) is 0. The first-order valence-electron chi connectivity index (χ1n) is 7.21. The third kappa shape index (κ3) is 3.32. The Morgan fingerprint density at radius 2 is 1.83 bits per heavy atom. The first-order chi connectivity index (χ1) is 11.6. The summed E-state index contributed by atoms with van der Waals surface area (Å²) in [4.78, 5) is 16.1. The number of pyridine rings is 2. The molecule has 3 rings (SSSR count). The van der Waals surface area contributed by atoms with Crippen LogP contribution in [0.25, 0.3) is 11.1 Å². The second-order valence-corrected chi connectivity index (χ2v) is 5.22. The number of nitrogens with zero attached hydrogens (tertiary/aromatic N) is 2. The highest BCUT2D eigenvalue weighted by Crippen LogP contribution is 2.19. The van der Waals surface area contributed by atoms with E-state index in [1.54, 1.807) is 24.5 Å². The van der Waals surface area contributed by atoms with Crippen LogP contribution in [-0.4, -0.2) is 16.7 Å². The van der Waals surface area contributed by atoms with Gasteiger partial charge in [0.25, 0.3) is 5.56 Å². The van der Waals surface area contributed by atoms with Crippen LogP contribution in [0.3, 0.4) is 0 Å². The molecular weight excluding hydrogens is 314 g/mol. The lowest BCUT2D eigenvalue weighted by Crippen LogP contribution is -2.19. The summed E-state index contributed by atoms with van der Waals surface area (Å²) in [5.74, 6) is -1.35. The van der Waals surface area contributed by atoms with Gasteiger partial charge in [0.15, 0.2) is 11.6 Å². The van der Waals surface area contributed by atoms with E-state index in [-0.39, 0.29) is 12.1 Å². The highest BCUT2D eigenvalue weighted by atomic mass is 19.2. The molecule has 2 heterocycles. The lowest BCUT2D eigenvalue weighted by Gasteiger charge is -2.09. The number of rotatable bonds is 4. The molecule has 0 saturated heterocycles. The average Bonchev–Trinajstić information content (AvgIpc) is 2.60. The molecule has 1 aromatic carbocycles. The molecule has 6 heteroatoms. The van der Waals surface area contributed by atoms with Gasteiger partial charge in [-0.25, -0.2) is 13.8 Å². The average molecular weight is 328 g/mol. The van der Waals surface area contributed by atoms with Crippen molar-refractivity contribution in [1.82, 2.24) is 9.55 Å². The summed E-state index contributed by atoms with van der Waals surface area (Å²) in [6.07, 6.45) is 3.30. The van der Waals surface area contributed by atoms with Crippen LogP contribution in [0.5, 0.6) is 5.88 Å². The van der Waals surface area contributed by atoms with E-state index in [1.165, 1.54) is 23.8 Å². The van der Waals surface area contributed by atoms with Gasteiger partial charge in [0, 0.05) is 30.1 Å². The van der Waals surface area contributed by atoms with Crippen molar-refractivity contribution >= 4 is 0 Å². The minimum atomic E-state index is -0.934. The van der Waals surface area contributed by atoms with Crippen LogP contribution in [0.1, 0.15) is 5.56 Å². The van der Waals surface area contributed by atoms with E-state index < -0.39 is 11.6 Å². The maximum atomic E-state index is 13.3. The summed E-state index contributed by atoms with van der Waals surface area (Å²) < 4.78 is 32.8.